The van der Waals surface area contributed by atoms with Gasteiger partial charge in [0.2, 0.25) is 5.91 Å². The SMILES string of the molecule is CC(C)(C)OC(=O)N1CC2CC(C1)CN(C(=O)C(C)(C)C)C2. The molecule has 0 saturated carbocycles. The molecule has 0 spiro atoms. The minimum atomic E-state index is -0.460. The summed E-state index contributed by atoms with van der Waals surface area (Å²) in [4.78, 5) is 28.5. The molecule has 2 saturated heterocycles. The third-order valence-electron chi connectivity index (χ3n) is 4.16. The third kappa shape index (κ3) is 4.14. The zero-order chi connectivity index (χ0) is 16.7. The van der Waals surface area contributed by atoms with Crippen LogP contribution < -0.4 is 0 Å². The second-order valence-corrected chi connectivity index (χ2v) is 8.81. The fraction of sp³-hybridized carbons (Fsp3) is 0.882. The Bertz CT molecular complexity index is 434. The highest BCUT2D eigenvalue weighted by atomic mass is 16.6. The largest absolute Gasteiger partial charge is 0.444 e. The number of hydrogen-bond acceptors (Lipinski definition) is 3. The molecule has 2 rings (SSSR count). The van der Waals surface area contributed by atoms with Gasteiger partial charge in [0.15, 0.2) is 0 Å². The van der Waals surface area contributed by atoms with Gasteiger partial charge in [-0.2, -0.15) is 0 Å². The predicted molar refractivity (Wildman–Crippen MR) is 85.4 cm³/mol. The van der Waals surface area contributed by atoms with Crippen LogP contribution in [0.3, 0.4) is 0 Å². The summed E-state index contributed by atoms with van der Waals surface area (Å²) >= 11 is 0. The highest BCUT2D eigenvalue weighted by molar-refractivity contribution is 5.81. The smallest absolute Gasteiger partial charge is 0.410 e. The molecule has 2 aliphatic rings. The molecule has 22 heavy (non-hydrogen) atoms. The molecule has 2 fully saturated rings. The molecule has 2 atom stereocenters. The van der Waals surface area contributed by atoms with Gasteiger partial charge in [-0.3, -0.25) is 4.79 Å². The van der Waals surface area contributed by atoms with Crippen molar-refractivity contribution in [3.8, 4) is 0 Å². The van der Waals surface area contributed by atoms with E-state index >= 15 is 0 Å². The molecule has 0 aromatic rings. The van der Waals surface area contributed by atoms with Gasteiger partial charge in [0.25, 0.3) is 0 Å². The number of likely N-dealkylation sites (tertiary alicyclic amines) is 2. The first-order valence-corrected chi connectivity index (χ1v) is 8.23. The quantitative estimate of drug-likeness (QED) is 0.691. The summed E-state index contributed by atoms with van der Waals surface area (Å²) in [7, 11) is 0. The number of hydrogen-bond donors (Lipinski definition) is 0. The van der Waals surface area contributed by atoms with Crippen molar-refractivity contribution in [2.24, 2.45) is 17.3 Å². The van der Waals surface area contributed by atoms with Gasteiger partial charge in [-0.05, 0) is 39.0 Å². The lowest BCUT2D eigenvalue weighted by Gasteiger charge is -2.47. The number of carbonyl (C=O) groups is 2. The summed E-state index contributed by atoms with van der Waals surface area (Å²) < 4.78 is 5.48. The Balaban J connectivity index is 1.98. The van der Waals surface area contributed by atoms with E-state index in [1.54, 1.807) is 0 Å². The molecule has 2 heterocycles. The summed E-state index contributed by atoms with van der Waals surface area (Å²) in [6.45, 7) is 14.5. The highest BCUT2D eigenvalue weighted by Crippen LogP contribution is 2.31. The number of fused-ring (bicyclic) bond motifs is 2. The average Bonchev–Trinajstić information content (AvgIpc) is 2.33. The van der Waals surface area contributed by atoms with Crippen LogP contribution in [-0.4, -0.2) is 53.6 Å². The van der Waals surface area contributed by atoms with Gasteiger partial charge in [0.1, 0.15) is 5.60 Å². The van der Waals surface area contributed by atoms with Crippen LogP contribution in [0.25, 0.3) is 0 Å². The van der Waals surface area contributed by atoms with Crippen molar-refractivity contribution >= 4 is 12.0 Å². The van der Waals surface area contributed by atoms with Crippen LogP contribution in [0.5, 0.6) is 0 Å². The van der Waals surface area contributed by atoms with E-state index in [1.165, 1.54) is 0 Å². The van der Waals surface area contributed by atoms with Crippen LogP contribution in [0, 0.1) is 17.3 Å². The molecule has 0 N–H and O–H groups in total. The molecule has 0 aliphatic carbocycles. The molecular weight excluding hydrogens is 280 g/mol. The van der Waals surface area contributed by atoms with Gasteiger partial charge < -0.3 is 14.5 Å². The molecule has 126 valence electrons. The Hall–Kier alpha value is -1.26. The van der Waals surface area contributed by atoms with Crippen molar-refractivity contribution in [1.82, 2.24) is 9.80 Å². The zero-order valence-corrected chi connectivity index (χ0v) is 14.8. The molecule has 0 aromatic heterocycles. The molecule has 2 aliphatic heterocycles. The normalized spacial score (nSPS) is 25.9. The Morgan fingerprint density at radius 1 is 0.864 bits per heavy atom. The summed E-state index contributed by atoms with van der Waals surface area (Å²) in [6, 6.07) is 0. The third-order valence-corrected chi connectivity index (χ3v) is 4.16. The summed E-state index contributed by atoms with van der Waals surface area (Å²) in [5.41, 5.74) is -0.797. The van der Waals surface area contributed by atoms with E-state index in [2.05, 4.69) is 0 Å². The van der Waals surface area contributed by atoms with Crippen LogP contribution in [0.1, 0.15) is 48.0 Å². The molecule has 5 nitrogen and oxygen atoms in total. The van der Waals surface area contributed by atoms with Crippen molar-refractivity contribution in [3.63, 3.8) is 0 Å². The van der Waals surface area contributed by atoms with Crippen LogP contribution in [0.2, 0.25) is 0 Å². The van der Waals surface area contributed by atoms with Crippen LogP contribution >= 0.6 is 0 Å². The van der Waals surface area contributed by atoms with E-state index in [9.17, 15) is 9.59 Å². The number of nitrogens with zero attached hydrogens (tertiary/aromatic N) is 2. The Morgan fingerprint density at radius 3 is 1.73 bits per heavy atom. The van der Waals surface area contributed by atoms with Gasteiger partial charge in [0, 0.05) is 31.6 Å². The summed E-state index contributed by atoms with van der Waals surface area (Å²) in [6.07, 6.45) is 0.880. The first-order valence-electron chi connectivity index (χ1n) is 8.23. The maximum absolute atomic E-state index is 12.5. The predicted octanol–water partition coefficient (Wildman–Crippen LogP) is 2.75. The van der Waals surface area contributed by atoms with Crippen molar-refractivity contribution in [3.05, 3.63) is 0 Å². The van der Waals surface area contributed by atoms with E-state index in [4.69, 9.17) is 4.74 Å². The molecular formula is C17H30N2O3. The fourth-order valence-electron chi connectivity index (χ4n) is 3.40. The minimum absolute atomic E-state index is 0.216. The number of carbonyl (C=O) groups excluding carboxylic acids is 2. The molecule has 0 aromatic carbocycles. The molecule has 2 bridgehead atoms. The van der Waals surface area contributed by atoms with Crippen molar-refractivity contribution in [2.45, 2.75) is 53.6 Å². The lowest BCUT2D eigenvalue weighted by Crippen LogP contribution is -2.57. The van der Waals surface area contributed by atoms with E-state index in [0.717, 1.165) is 19.5 Å². The number of ether oxygens (including phenoxy) is 1. The molecule has 0 radical (unpaired) electrons. The average molecular weight is 310 g/mol. The first-order chi connectivity index (χ1) is 9.95. The Kier molecular flexibility index (Phi) is 4.46. The highest BCUT2D eigenvalue weighted by Gasteiger charge is 2.40. The lowest BCUT2D eigenvalue weighted by molar-refractivity contribution is -0.143. The lowest BCUT2D eigenvalue weighted by atomic mass is 9.83. The summed E-state index contributed by atoms with van der Waals surface area (Å²) in [5, 5.41) is 0. The Labute approximate surface area is 134 Å². The molecule has 5 heteroatoms. The zero-order valence-electron chi connectivity index (χ0n) is 14.8. The van der Waals surface area contributed by atoms with Crippen LogP contribution in [0.15, 0.2) is 0 Å². The number of rotatable bonds is 0. The van der Waals surface area contributed by atoms with E-state index in [1.807, 2.05) is 51.3 Å². The monoisotopic (exact) mass is 310 g/mol. The van der Waals surface area contributed by atoms with Gasteiger partial charge in [0.05, 0.1) is 0 Å². The molecule has 2 amide bonds. The van der Waals surface area contributed by atoms with Crippen LogP contribution in [-0.2, 0) is 9.53 Å². The standard InChI is InChI=1S/C17H30N2O3/c1-16(2,3)14(20)18-8-12-7-13(9-18)11-19(10-12)15(21)22-17(4,5)6/h12-13H,7-11H2,1-6H3. The first kappa shape index (κ1) is 17.1. The minimum Gasteiger partial charge on any atom is -0.444 e. The Morgan fingerprint density at radius 2 is 1.32 bits per heavy atom. The fourth-order valence-corrected chi connectivity index (χ4v) is 3.40. The number of piperidine rings is 2. The second kappa shape index (κ2) is 5.74. The van der Waals surface area contributed by atoms with Crippen molar-refractivity contribution in [1.29, 1.82) is 0 Å². The maximum atomic E-state index is 12.5. The van der Waals surface area contributed by atoms with Gasteiger partial charge in [-0.1, -0.05) is 20.8 Å². The maximum Gasteiger partial charge on any atom is 0.410 e. The van der Waals surface area contributed by atoms with E-state index in [0.29, 0.717) is 24.9 Å². The second-order valence-electron chi connectivity index (χ2n) is 8.81. The van der Waals surface area contributed by atoms with Gasteiger partial charge in [-0.15, -0.1) is 0 Å². The van der Waals surface area contributed by atoms with Crippen LogP contribution in [0.4, 0.5) is 4.79 Å². The van der Waals surface area contributed by atoms with E-state index in [-0.39, 0.29) is 17.4 Å². The number of amides is 2. The topological polar surface area (TPSA) is 49.9 Å². The van der Waals surface area contributed by atoms with E-state index < -0.39 is 5.60 Å². The van der Waals surface area contributed by atoms with Gasteiger partial charge >= 0.3 is 6.09 Å². The van der Waals surface area contributed by atoms with Crippen molar-refractivity contribution in [2.75, 3.05) is 26.2 Å². The summed E-state index contributed by atoms with van der Waals surface area (Å²) in [5.74, 6) is 0.950. The molecule has 2 unspecified atom stereocenters. The van der Waals surface area contributed by atoms with Gasteiger partial charge in [-0.25, -0.2) is 4.79 Å². The van der Waals surface area contributed by atoms with Crippen molar-refractivity contribution < 1.29 is 14.3 Å².